The number of carbonyl (C=O) groups is 3. The quantitative estimate of drug-likeness (QED) is 0.0345. The molecule has 0 saturated carbocycles. The van der Waals surface area contributed by atoms with E-state index < -0.39 is 23.0 Å². The number of ether oxygens (including phenoxy) is 2. The highest BCUT2D eigenvalue weighted by Gasteiger charge is 2.85. The van der Waals surface area contributed by atoms with Crippen molar-refractivity contribution in [2.75, 3.05) is 39.2 Å². The van der Waals surface area contributed by atoms with Crippen LogP contribution >= 0.6 is 0 Å². The van der Waals surface area contributed by atoms with Crippen molar-refractivity contribution in [2.45, 2.75) is 102 Å². The number of Topliss-reactive ketones (excluding diaryl/α,β-unsaturated/α-hetero) is 2. The normalized spacial score (nSPS) is 30.4. The molecule has 1 spiro atoms. The number of epoxide rings is 1. The van der Waals surface area contributed by atoms with E-state index in [0.29, 0.717) is 48.3 Å². The van der Waals surface area contributed by atoms with E-state index in [1.165, 1.54) is 5.57 Å². The zero-order chi connectivity index (χ0) is 41.0. The number of nitrogens with one attached hydrogen (secondary N) is 4. The van der Waals surface area contributed by atoms with Crippen LogP contribution in [0.2, 0.25) is 0 Å². The van der Waals surface area contributed by atoms with Crippen molar-refractivity contribution in [3.63, 3.8) is 0 Å². The van der Waals surface area contributed by atoms with Crippen molar-refractivity contribution >= 4 is 29.3 Å². The smallest absolute Gasteiger partial charge is 0.350 e. The number of likely N-dealkylation sites (N-methyl/N-ethyl adjacent to an activating group) is 1. The molecule has 1 fully saturated rings. The molecule has 1 aromatic carbocycles. The summed E-state index contributed by atoms with van der Waals surface area (Å²) in [7, 11) is 3.47. The number of nitrogens with zero attached hydrogens (tertiary/aromatic N) is 2. The third-order valence-corrected chi connectivity index (χ3v) is 13.1. The number of fused-ring (bicyclic) bond motifs is 1. The van der Waals surface area contributed by atoms with Gasteiger partial charge in [0.15, 0.2) is 17.3 Å². The minimum atomic E-state index is -2.06. The Labute approximate surface area is 343 Å². The lowest BCUT2D eigenvalue weighted by Crippen LogP contribution is -2.51. The largest absolute Gasteiger partial charge is 0.463 e. The van der Waals surface area contributed by atoms with Crippen molar-refractivity contribution < 1.29 is 23.9 Å². The van der Waals surface area contributed by atoms with E-state index in [0.717, 1.165) is 61.8 Å². The zero-order valence-electron chi connectivity index (χ0n) is 34.7. The second-order valence-electron chi connectivity index (χ2n) is 17.0. The molecule has 1 saturated heterocycles. The number of esters is 1. The highest BCUT2D eigenvalue weighted by Crippen LogP contribution is 2.59. The molecule has 2 aliphatic heterocycles. The van der Waals surface area contributed by atoms with Crippen LogP contribution in [0.4, 0.5) is 5.82 Å². The van der Waals surface area contributed by atoms with Crippen molar-refractivity contribution in [3.8, 4) is 0 Å². The highest BCUT2D eigenvalue weighted by molar-refractivity contribution is 6.33. The fourth-order valence-corrected chi connectivity index (χ4v) is 9.90. The number of allylic oxidation sites excluding steroid dienone is 3. The maximum absolute atomic E-state index is 15.0. The molecule has 3 aliphatic carbocycles. The molecule has 0 radical (unpaired) electrons. The van der Waals surface area contributed by atoms with Gasteiger partial charge in [0, 0.05) is 42.8 Å². The van der Waals surface area contributed by atoms with Crippen molar-refractivity contribution in [3.05, 3.63) is 94.2 Å². The van der Waals surface area contributed by atoms with E-state index in [1.807, 2.05) is 44.3 Å². The summed E-state index contributed by atoms with van der Waals surface area (Å²) in [5.41, 5.74) is 7.02. The van der Waals surface area contributed by atoms with Gasteiger partial charge in [-0.25, -0.2) is 9.78 Å². The van der Waals surface area contributed by atoms with E-state index in [9.17, 15) is 14.4 Å². The number of ketones is 2. The Hall–Kier alpha value is -4.65. The molecule has 2 aromatic rings. The molecule has 4 bridgehead atoms. The fraction of sp³-hybridized carbons (Fsp3) is 0.543. The van der Waals surface area contributed by atoms with E-state index in [1.54, 1.807) is 19.3 Å². The zero-order valence-corrected chi connectivity index (χ0v) is 34.7. The Morgan fingerprint density at radius 1 is 1.14 bits per heavy atom. The first-order valence-corrected chi connectivity index (χ1v) is 21.2. The number of benzene rings is 1. The van der Waals surface area contributed by atoms with Crippen LogP contribution in [-0.4, -0.2) is 79.6 Å². The van der Waals surface area contributed by atoms with Crippen LogP contribution in [0.5, 0.6) is 0 Å². The van der Waals surface area contributed by atoms with Gasteiger partial charge in [0.05, 0.1) is 19.3 Å². The minimum Gasteiger partial charge on any atom is -0.463 e. The molecule has 3 heterocycles. The monoisotopic (exact) mass is 791 g/mol. The molecule has 0 amide bonds. The average Bonchev–Trinajstić information content (AvgIpc) is 3.94. The third kappa shape index (κ3) is 8.03. The topological polar surface area (TPSA) is 172 Å². The molecule has 6 N–H and O–H groups in total. The Morgan fingerprint density at radius 2 is 1.97 bits per heavy atom. The second-order valence-corrected chi connectivity index (χ2v) is 17.0. The van der Waals surface area contributed by atoms with E-state index in [2.05, 4.69) is 63.3 Å². The summed E-state index contributed by atoms with van der Waals surface area (Å²) in [4.78, 5) is 53.0. The number of carbonyl (C=O) groups excluding carboxylic acids is 3. The lowest BCUT2D eigenvalue weighted by atomic mass is 9.68. The number of nitrogens with two attached hydrogens (primary N) is 1. The van der Waals surface area contributed by atoms with Gasteiger partial charge in [0.1, 0.15) is 5.82 Å². The number of cyclic esters (lactones) is 1. The van der Waals surface area contributed by atoms with Crippen LogP contribution < -0.4 is 27.0 Å². The molecule has 12 heteroatoms. The van der Waals surface area contributed by atoms with Gasteiger partial charge in [0.2, 0.25) is 5.78 Å². The van der Waals surface area contributed by atoms with Crippen LogP contribution in [0.1, 0.15) is 110 Å². The number of hydrogen-bond acceptors (Lipinski definition) is 10. The average molecular weight is 792 g/mol. The van der Waals surface area contributed by atoms with Crippen molar-refractivity contribution in [1.82, 2.24) is 20.9 Å². The van der Waals surface area contributed by atoms with Crippen LogP contribution in [0.3, 0.4) is 0 Å². The van der Waals surface area contributed by atoms with Gasteiger partial charge in [0.25, 0.3) is 5.60 Å². The lowest BCUT2D eigenvalue weighted by Gasteiger charge is -2.40. The molecule has 5 aliphatic rings. The minimum absolute atomic E-state index is 0.0111. The summed E-state index contributed by atoms with van der Waals surface area (Å²) in [6, 6.07) is 9.08. The molecule has 7 rings (SSSR count). The van der Waals surface area contributed by atoms with Gasteiger partial charge in [-0.1, -0.05) is 81.2 Å². The lowest BCUT2D eigenvalue weighted by molar-refractivity contribution is -0.150. The standard InChI is InChI=1S/C46H61N7O5/c1-6-50-37-24-31-14-9-13-30-12-8-7-11-28(2)21-33-15-10-16-35-40(33)42(55)46(43(56)57-26-34(37)23-36(30)31)45(58-46,41(35)54)19-17-29(3)22-38(53-44(47)49-5)32-18-20-51-39(25-32)52-27-48-4/h9-10,14-18,20,24-25,28,30,34,36-38,48,50H,6-8,11-13,19,21-23,26-27H2,1-5H3,(H,51,52)(H3,47,49,53)/b29-17+/t28-,30+,34+,36-,37-,38-,45+,46+/m1/s1. The maximum atomic E-state index is 15.0. The first-order valence-electron chi connectivity index (χ1n) is 21.2. The molecular weight excluding hydrogens is 731 g/mol. The molecule has 0 unspecified atom stereocenters. The summed E-state index contributed by atoms with van der Waals surface area (Å²) in [5, 5.41) is 13.2. The maximum Gasteiger partial charge on any atom is 0.350 e. The number of hydrogen-bond donors (Lipinski definition) is 5. The number of aliphatic imine (C=N–C) groups is 1. The number of rotatable bonds is 11. The van der Waals surface area contributed by atoms with E-state index in [4.69, 9.17) is 15.2 Å². The summed E-state index contributed by atoms with van der Waals surface area (Å²) < 4.78 is 12.6. The van der Waals surface area contributed by atoms with Crippen LogP contribution in [0, 0.1) is 23.7 Å². The Morgan fingerprint density at radius 3 is 2.76 bits per heavy atom. The fourth-order valence-electron chi connectivity index (χ4n) is 9.90. The molecular formula is C46H61N7O5. The predicted octanol–water partition coefficient (Wildman–Crippen LogP) is 5.97. The summed E-state index contributed by atoms with van der Waals surface area (Å²) in [6.07, 6.45) is 18.1. The van der Waals surface area contributed by atoms with E-state index in [-0.39, 0.29) is 48.7 Å². The number of anilines is 1. The number of aromatic nitrogens is 1. The Bertz CT molecular complexity index is 2010. The van der Waals surface area contributed by atoms with Crippen molar-refractivity contribution in [1.29, 1.82) is 0 Å². The van der Waals surface area contributed by atoms with Gasteiger partial charge in [-0.2, -0.15) is 0 Å². The Balaban J connectivity index is 1.22. The van der Waals surface area contributed by atoms with E-state index >= 15 is 0 Å². The molecule has 12 nitrogen and oxygen atoms in total. The van der Waals surface area contributed by atoms with Crippen LogP contribution in [0.25, 0.3) is 0 Å². The molecule has 1 aromatic heterocycles. The highest BCUT2D eigenvalue weighted by atomic mass is 16.7. The number of guanidine groups is 1. The summed E-state index contributed by atoms with van der Waals surface area (Å²) in [6.45, 7) is 7.70. The van der Waals surface area contributed by atoms with Crippen molar-refractivity contribution in [2.24, 2.45) is 34.4 Å². The van der Waals surface area contributed by atoms with Gasteiger partial charge >= 0.3 is 5.97 Å². The third-order valence-electron chi connectivity index (χ3n) is 13.1. The number of pyridine rings is 1. The molecule has 58 heavy (non-hydrogen) atoms. The summed E-state index contributed by atoms with van der Waals surface area (Å²) >= 11 is 0. The van der Waals surface area contributed by atoms with Gasteiger partial charge in [-0.15, -0.1) is 0 Å². The van der Waals surface area contributed by atoms with Crippen LogP contribution in [0.15, 0.2) is 77.0 Å². The van der Waals surface area contributed by atoms with Gasteiger partial charge in [-0.05, 0) is 99.2 Å². The first-order chi connectivity index (χ1) is 28.0. The van der Waals surface area contributed by atoms with Gasteiger partial charge in [-0.3, -0.25) is 14.6 Å². The second kappa shape index (κ2) is 17.7. The van der Waals surface area contributed by atoms with Gasteiger partial charge < -0.3 is 36.5 Å². The first kappa shape index (κ1) is 41.5. The SMILES string of the molecule is CCN[C@@H]1C=C2C=CC[C@@H]3CCCC[C@@H](C)Cc4cccc5c4C(=O)[C@]4(O[C@@]4(C/C=C(\C)C[C@@H](NC(N)=NC)c4ccnc(NCNC)c4)C5=O)C(=O)OC[C@@H]1C[C@@H]23. The Kier molecular flexibility index (Phi) is 12.7. The predicted molar refractivity (Wildman–Crippen MR) is 227 cm³/mol. The molecule has 8 atom stereocenters. The molecule has 310 valence electrons. The van der Waals surface area contributed by atoms with Crippen LogP contribution in [-0.2, 0) is 20.7 Å². The summed E-state index contributed by atoms with van der Waals surface area (Å²) in [5.74, 6) is 0.616.